The lowest BCUT2D eigenvalue weighted by Crippen LogP contribution is -3.10. The summed E-state index contributed by atoms with van der Waals surface area (Å²) in [5, 5.41) is 0. The third-order valence-electron chi connectivity index (χ3n) is 5.27. The molecule has 0 amide bonds. The molecule has 0 bridgehead atoms. The lowest BCUT2D eigenvalue weighted by atomic mass is 10.1. The van der Waals surface area contributed by atoms with E-state index in [1.165, 1.54) is 35.2 Å². The van der Waals surface area contributed by atoms with E-state index in [0.29, 0.717) is 0 Å². The number of nitrogens with one attached hydrogen (secondary N) is 1. The van der Waals surface area contributed by atoms with Crippen LogP contribution in [0.5, 0.6) is 0 Å². The van der Waals surface area contributed by atoms with Crippen LogP contribution in [0.25, 0.3) is 0 Å². The Bertz CT molecular complexity index is 862. The Kier molecular flexibility index (Phi) is 5.28. The van der Waals surface area contributed by atoms with Gasteiger partial charge in [0.2, 0.25) is 0 Å². The van der Waals surface area contributed by atoms with Crippen molar-refractivity contribution in [2.75, 3.05) is 0 Å². The van der Waals surface area contributed by atoms with E-state index in [9.17, 15) is 0 Å². The molecular weight excluding hydrogens is 384 g/mol. The molecule has 0 spiro atoms. The fourth-order valence-electron chi connectivity index (χ4n) is 3.71. The van der Waals surface area contributed by atoms with E-state index in [1.54, 1.807) is 4.90 Å². The standard InChI is InChI=1S/C23H25BrN2/c1-18-4-2-5-20(14-18)16-25-13-3-6-23(25)17-26(22-11-12-22)15-19-7-9-21(24)10-8-19/h2-10,13-14,22H,11-12,15-17H2,1H3/p+1. The Hall–Kier alpha value is -1.84. The molecule has 2 nitrogen and oxygen atoms in total. The number of benzene rings is 2. The number of aromatic nitrogens is 1. The molecule has 1 N–H and O–H groups in total. The highest BCUT2D eigenvalue weighted by molar-refractivity contribution is 9.10. The smallest absolute Gasteiger partial charge is 0.118 e. The van der Waals surface area contributed by atoms with E-state index in [0.717, 1.165) is 30.1 Å². The summed E-state index contributed by atoms with van der Waals surface area (Å²) < 4.78 is 3.57. The highest BCUT2D eigenvalue weighted by atomic mass is 79.9. The van der Waals surface area contributed by atoms with Gasteiger partial charge in [-0.2, -0.15) is 0 Å². The Labute approximate surface area is 164 Å². The van der Waals surface area contributed by atoms with Gasteiger partial charge in [-0.05, 0) is 36.8 Å². The zero-order chi connectivity index (χ0) is 17.9. The summed E-state index contributed by atoms with van der Waals surface area (Å²) in [7, 11) is 0. The average molecular weight is 410 g/mol. The first-order valence-corrected chi connectivity index (χ1v) is 10.3. The Morgan fingerprint density at radius 2 is 1.77 bits per heavy atom. The van der Waals surface area contributed by atoms with Gasteiger partial charge in [-0.3, -0.25) is 0 Å². The van der Waals surface area contributed by atoms with Crippen molar-refractivity contribution in [1.29, 1.82) is 0 Å². The van der Waals surface area contributed by atoms with Crippen molar-refractivity contribution >= 4 is 15.9 Å². The van der Waals surface area contributed by atoms with E-state index in [2.05, 4.69) is 94.3 Å². The first-order valence-electron chi connectivity index (χ1n) is 9.46. The van der Waals surface area contributed by atoms with Crippen LogP contribution < -0.4 is 4.90 Å². The molecule has 1 heterocycles. The minimum Gasteiger partial charge on any atom is -0.342 e. The molecular formula is C23H26BrN2+. The van der Waals surface area contributed by atoms with Crippen LogP contribution in [0.4, 0.5) is 0 Å². The SMILES string of the molecule is Cc1cccc(Cn2cccc2C[NH+](Cc2ccc(Br)cc2)C2CC2)c1. The number of aryl methyl sites for hydroxylation is 1. The Balaban J connectivity index is 1.48. The molecule has 1 saturated carbocycles. The van der Waals surface area contributed by atoms with Crippen LogP contribution in [0, 0.1) is 6.92 Å². The summed E-state index contributed by atoms with van der Waals surface area (Å²) in [6.07, 6.45) is 4.96. The number of nitrogens with zero attached hydrogens (tertiary/aromatic N) is 1. The van der Waals surface area contributed by atoms with Crippen molar-refractivity contribution in [3.8, 4) is 0 Å². The molecule has 2 aromatic carbocycles. The van der Waals surface area contributed by atoms with Crippen LogP contribution >= 0.6 is 15.9 Å². The predicted molar refractivity (Wildman–Crippen MR) is 110 cm³/mol. The minimum absolute atomic E-state index is 0.820. The van der Waals surface area contributed by atoms with E-state index < -0.39 is 0 Å². The fraction of sp³-hybridized carbons (Fsp3) is 0.304. The number of rotatable bonds is 7. The molecule has 0 saturated heterocycles. The number of halogens is 1. The quantitative estimate of drug-likeness (QED) is 0.593. The third kappa shape index (κ3) is 4.46. The number of quaternary nitrogens is 1. The number of hydrogen-bond donors (Lipinski definition) is 1. The molecule has 1 fully saturated rings. The molecule has 26 heavy (non-hydrogen) atoms. The molecule has 4 rings (SSSR count). The molecule has 0 radical (unpaired) electrons. The van der Waals surface area contributed by atoms with Crippen molar-refractivity contribution < 1.29 is 4.90 Å². The lowest BCUT2D eigenvalue weighted by molar-refractivity contribution is -0.938. The maximum atomic E-state index is 3.54. The minimum atomic E-state index is 0.820. The van der Waals surface area contributed by atoms with Crippen molar-refractivity contribution in [3.63, 3.8) is 0 Å². The summed E-state index contributed by atoms with van der Waals surface area (Å²) in [6, 6.07) is 22.9. The van der Waals surface area contributed by atoms with Crippen LogP contribution in [-0.2, 0) is 19.6 Å². The lowest BCUT2D eigenvalue weighted by Gasteiger charge is -2.20. The van der Waals surface area contributed by atoms with Crippen LogP contribution in [0.3, 0.4) is 0 Å². The van der Waals surface area contributed by atoms with Gasteiger partial charge < -0.3 is 9.47 Å². The van der Waals surface area contributed by atoms with E-state index in [1.807, 2.05) is 0 Å². The van der Waals surface area contributed by atoms with Gasteiger partial charge in [0, 0.05) is 35.6 Å². The second-order valence-electron chi connectivity index (χ2n) is 7.53. The predicted octanol–water partition coefficient (Wildman–Crippen LogP) is 4.35. The summed E-state index contributed by atoms with van der Waals surface area (Å²) in [5.41, 5.74) is 5.57. The molecule has 1 unspecified atom stereocenters. The summed E-state index contributed by atoms with van der Waals surface area (Å²) >= 11 is 3.54. The largest absolute Gasteiger partial charge is 0.342 e. The second kappa shape index (κ2) is 7.81. The average Bonchev–Trinajstić information content (AvgIpc) is 3.39. The molecule has 3 aromatic rings. The third-order valence-corrected chi connectivity index (χ3v) is 5.79. The van der Waals surface area contributed by atoms with Gasteiger partial charge in [0.25, 0.3) is 0 Å². The van der Waals surface area contributed by atoms with E-state index >= 15 is 0 Å². The second-order valence-corrected chi connectivity index (χ2v) is 8.44. The van der Waals surface area contributed by atoms with Gasteiger partial charge in [0.05, 0.1) is 11.7 Å². The topological polar surface area (TPSA) is 9.37 Å². The van der Waals surface area contributed by atoms with Crippen LogP contribution in [-0.4, -0.2) is 10.6 Å². The van der Waals surface area contributed by atoms with Gasteiger partial charge in [0.15, 0.2) is 0 Å². The maximum absolute atomic E-state index is 3.54. The highest BCUT2D eigenvalue weighted by Crippen LogP contribution is 2.18. The Morgan fingerprint density at radius 3 is 2.50 bits per heavy atom. The molecule has 134 valence electrons. The summed E-state index contributed by atoms with van der Waals surface area (Å²) in [6.45, 7) is 5.32. The fourth-order valence-corrected chi connectivity index (χ4v) is 3.98. The molecule has 0 aliphatic heterocycles. The number of hydrogen-bond acceptors (Lipinski definition) is 0. The van der Waals surface area contributed by atoms with Gasteiger partial charge in [-0.25, -0.2) is 0 Å². The van der Waals surface area contributed by atoms with E-state index in [-0.39, 0.29) is 0 Å². The highest BCUT2D eigenvalue weighted by Gasteiger charge is 2.33. The van der Waals surface area contributed by atoms with Crippen LogP contribution in [0.15, 0.2) is 71.3 Å². The molecule has 1 aromatic heterocycles. The Morgan fingerprint density at radius 1 is 0.962 bits per heavy atom. The van der Waals surface area contributed by atoms with Crippen molar-refractivity contribution in [2.24, 2.45) is 0 Å². The summed E-state index contributed by atoms with van der Waals surface area (Å²) in [4.78, 5) is 1.69. The van der Waals surface area contributed by atoms with Crippen LogP contribution in [0.2, 0.25) is 0 Å². The van der Waals surface area contributed by atoms with Crippen molar-refractivity contribution in [2.45, 2.75) is 45.4 Å². The molecule has 3 heteroatoms. The van der Waals surface area contributed by atoms with Gasteiger partial charge in [-0.1, -0.05) is 57.9 Å². The van der Waals surface area contributed by atoms with Crippen molar-refractivity contribution in [1.82, 2.24) is 4.57 Å². The zero-order valence-electron chi connectivity index (χ0n) is 15.3. The van der Waals surface area contributed by atoms with E-state index in [4.69, 9.17) is 0 Å². The normalized spacial score (nSPS) is 15.2. The molecule has 1 aliphatic carbocycles. The first-order chi connectivity index (χ1) is 12.7. The van der Waals surface area contributed by atoms with Gasteiger partial charge in [0.1, 0.15) is 13.1 Å². The molecule has 1 aliphatic rings. The monoisotopic (exact) mass is 409 g/mol. The zero-order valence-corrected chi connectivity index (χ0v) is 16.9. The van der Waals surface area contributed by atoms with Crippen LogP contribution in [0.1, 0.15) is 35.2 Å². The summed E-state index contributed by atoms with van der Waals surface area (Å²) in [5.74, 6) is 0. The van der Waals surface area contributed by atoms with Gasteiger partial charge >= 0.3 is 0 Å². The van der Waals surface area contributed by atoms with Gasteiger partial charge in [-0.15, -0.1) is 0 Å². The first kappa shape index (κ1) is 17.6. The molecule has 1 atom stereocenters. The maximum Gasteiger partial charge on any atom is 0.118 e. The van der Waals surface area contributed by atoms with Crippen molar-refractivity contribution in [3.05, 3.63) is 93.7 Å².